The van der Waals surface area contributed by atoms with Crippen molar-refractivity contribution in [3.05, 3.63) is 39.9 Å². The van der Waals surface area contributed by atoms with E-state index >= 15 is 0 Å². The van der Waals surface area contributed by atoms with Crippen molar-refractivity contribution in [2.75, 3.05) is 11.9 Å². The number of carboxylic acid groups (broad SMARTS) is 1. The molecule has 0 aliphatic heterocycles. The average Bonchev–Trinajstić information content (AvgIpc) is 2.89. The van der Waals surface area contributed by atoms with E-state index in [9.17, 15) is 4.79 Å². The SMILES string of the molecule is CCNC(C)c1csc(Nc2ccc(Cl)c(C(=O)O)c2)n1. The molecule has 0 bridgehead atoms. The minimum atomic E-state index is -1.05. The van der Waals surface area contributed by atoms with Crippen LogP contribution in [0.5, 0.6) is 0 Å². The summed E-state index contributed by atoms with van der Waals surface area (Å²) in [7, 11) is 0. The number of carbonyl (C=O) groups is 1. The van der Waals surface area contributed by atoms with E-state index in [0.717, 1.165) is 12.2 Å². The molecule has 3 N–H and O–H groups in total. The van der Waals surface area contributed by atoms with Gasteiger partial charge in [-0.1, -0.05) is 18.5 Å². The number of halogens is 1. The molecule has 0 amide bonds. The van der Waals surface area contributed by atoms with Crippen molar-refractivity contribution in [1.29, 1.82) is 0 Å². The lowest BCUT2D eigenvalue weighted by molar-refractivity contribution is 0.0697. The summed E-state index contributed by atoms with van der Waals surface area (Å²) in [4.78, 5) is 15.5. The first-order valence-corrected chi connectivity index (χ1v) is 7.75. The van der Waals surface area contributed by atoms with Crippen LogP contribution in [0, 0.1) is 0 Å². The van der Waals surface area contributed by atoms with E-state index < -0.39 is 5.97 Å². The van der Waals surface area contributed by atoms with Gasteiger partial charge in [-0.2, -0.15) is 0 Å². The summed E-state index contributed by atoms with van der Waals surface area (Å²) in [6, 6.07) is 4.97. The Morgan fingerprint density at radius 2 is 2.29 bits per heavy atom. The zero-order chi connectivity index (χ0) is 15.4. The van der Waals surface area contributed by atoms with Crippen LogP contribution in [-0.4, -0.2) is 22.6 Å². The Bertz CT molecular complexity index is 645. The molecule has 7 heteroatoms. The maximum Gasteiger partial charge on any atom is 0.337 e. The molecule has 0 aliphatic carbocycles. The van der Waals surface area contributed by atoms with E-state index in [1.165, 1.54) is 17.4 Å². The molecule has 1 heterocycles. The van der Waals surface area contributed by atoms with Crippen LogP contribution in [0.25, 0.3) is 0 Å². The lowest BCUT2D eigenvalue weighted by Crippen LogP contribution is -2.17. The highest BCUT2D eigenvalue weighted by atomic mass is 35.5. The summed E-state index contributed by atoms with van der Waals surface area (Å²) in [5, 5.41) is 18.4. The lowest BCUT2D eigenvalue weighted by Gasteiger charge is -2.08. The molecule has 2 rings (SSSR count). The molecule has 21 heavy (non-hydrogen) atoms. The molecule has 0 aliphatic rings. The van der Waals surface area contributed by atoms with E-state index in [1.807, 2.05) is 19.2 Å². The highest BCUT2D eigenvalue weighted by Crippen LogP contribution is 2.26. The van der Waals surface area contributed by atoms with Gasteiger partial charge in [-0.25, -0.2) is 9.78 Å². The van der Waals surface area contributed by atoms with Gasteiger partial charge in [0, 0.05) is 17.1 Å². The molecule has 1 atom stereocenters. The van der Waals surface area contributed by atoms with Gasteiger partial charge in [0.1, 0.15) is 0 Å². The minimum Gasteiger partial charge on any atom is -0.478 e. The second kappa shape index (κ2) is 6.89. The standard InChI is InChI=1S/C14H16ClN3O2S/c1-3-16-8(2)12-7-21-14(18-12)17-9-4-5-11(15)10(6-9)13(19)20/h4-8,16H,3H2,1-2H3,(H,17,18)(H,19,20). The number of nitrogens with one attached hydrogen (secondary N) is 2. The molecule has 112 valence electrons. The molecule has 1 unspecified atom stereocenters. The first kappa shape index (κ1) is 15.8. The number of benzene rings is 1. The number of carboxylic acids is 1. The van der Waals surface area contributed by atoms with Gasteiger partial charge in [-0.05, 0) is 31.7 Å². The Balaban J connectivity index is 2.15. The summed E-state index contributed by atoms with van der Waals surface area (Å²) in [5.41, 5.74) is 1.67. The number of aromatic carboxylic acids is 1. The fourth-order valence-electron chi connectivity index (χ4n) is 1.84. The first-order chi connectivity index (χ1) is 10.0. The van der Waals surface area contributed by atoms with Gasteiger partial charge < -0.3 is 15.7 Å². The first-order valence-electron chi connectivity index (χ1n) is 6.50. The van der Waals surface area contributed by atoms with E-state index in [2.05, 4.69) is 15.6 Å². The van der Waals surface area contributed by atoms with Gasteiger partial charge in [0.2, 0.25) is 0 Å². The van der Waals surface area contributed by atoms with E-state index in [1.54, 1.807) is 12.1 Å². The van der Waals surface area contributed by atoms with Gasteiger partial charge in [0.15, 0.2) is 5.13 Å². The lowest BCUT2D eigenvalue weighted by atomic mass is 10.2. The quantitative estimate of drug-likeness (QED) is 0.751. The predicted octanol–water partition coefficient (Wildman–Crippen LogP) is 3.91. The molecule has 0 radical (unpaired) electrons. The molecule has 0 spiro atoms. The molecule has 0 saturated carbocycles. The Morgan fingerprint density at radius 1 is 1.52 bits per heavy atom. The van der Waals surface area contributed by atoms with Gasteiger partial charge in [-0.3, -0.25) is 0 Å². The Labute approximate surface area is 132 Å². The van der Waals surface area contributed by atoms with Crippen LogP contribution >= 0.6 is 22.9 Å². The Kier molecular flexibility index (Phi) is 5.17. The maximum absolute atomic E-state index is 11.1. The number of nitrogens with zero attached hydrogens (tertiary/aromatic N) is 1. The summed E-state index contributed by atoms with van der Waals surface area (Å²) in [6.07, 6.45) is 0. The van der Waals surface area contributed by atoms with Gasteiger partial charge in [-0.15, -0.1) is 11.3 Å². The second-order valence-electron chi connectivity index (χ2n) is 4.48. The highest BCUT2D eigenvalue weighted by Gasteiger charge is 2.12. The van der Waals surface area contributed by atoms with Crippen molar-refractivity contribution >= 4 is 39.7 Å². The Morgan fingerprint density at radius 3 is 2.95 bits per heavy atom. The van der Waals surface area contributed by atoms with Crippen LogP contribution in [0.4, 0.5) is 10.8 Å². The number of rotatable bonds is 6. The van der Waals surface area contributed by atoms with E-state index in [4.69, 9.17) is 16.7 Å². The van der Waals surface area contributed by atoms with Gasteiger partial charge in [0.05, 0.1) is 16.3 Å². The highest BCUT2D eigenvalue weighted by molar-refractivity contribution is 7.13. The molecule has 5 nitrogen and oxygen atoms in total. The molecule has 1 aromatic carbocycles. The van der Waals surface area contributed by atoms with Crippen molar-refractivity contribution < 1.29 is 9.90 Å². The van der Waals surface area contributed by atoms with Crippen LogP contribution in [0.2, 0.25) is 5.02 Å². The summed E-state index contributed by atoms with van der Waals surface area (Å²) in [5.74, 6) is -1.05. The largest absolute Gasteiger partial charge is 0.478 e. The third-order valence-electron chi connectivity index (χ3n) is 2.92. The summed E-state index contributed by atoms with van der Waals surface area (Å²) < 4.78 is 0. The molecular formula is C14H16ClN3O2S. The maximum atomic E-state index is 11.1. The van der Waals surface area contributed by atoms with Crippen molar-refractivity contribution in [1.82, 2.24) is 10.3 Å². The third-order valence-corrected chi connectivity index (χ3v) is 4.03. The number of anilines is 2. The average molecular weight is 326 g/mol. The molecular weight excluding hydrogens is 310 g/mol. The summed E-state index contributed by atoms with van der Waals surface area (Å²) in [6.45, 7) is 4.97. The van der Waals surface area contributed by atoms with Crippen LogP contribution in [0.15, 0.2) is 23.6 Å². The van der Waals surface area contributed by atoms with Crippen LogP contribution in [0.1, 0.15) is 35.9 Å². The normalized spacial score (nSPS) is 12.1. The fraction of sp³-hybridized carbons (Fsp3) is 0.286. The number of thiazole rings is 1. The van der Waals surface area contributed by atoms with Crippen molar-refractivity contribution in [3.63, 3.8) is 0 Å². The summed E-state index contributed by atoms with van der Waals surface area (Å²) >= 11 is 7.32. The minimum absolute atomic E-state index is 0.0689. The van der Waals surface area contributed by atoms with Crippen molar-refractivity contribution in [2.24, 2.45) is 0 Å². The van der Waals surface area contributed by atoms with Crippen LogP contribution < -0.4 is 10.6 Å². The van der Waals surface area contributed by atoms with Crippen LogP contribution in [0.3, 0.4) is 0 Å². The monoisotopic (exact) mass is 325 g/mol. The molecule has 2 aromatic rings. The topological polar surface area (TPSA) is 74.2 Å². The zero-order valence-corrected chi connectivity index (χ0v) is 13.3. The smallest absolute Gasteiger partial charge is 0.337 e. The number of hydrogen-bond acceptors (Lipinski definition) is 5. The van der Waals surface area contributed by atoms with E-state index in [0.29, 0.717) is 10.8 Å². The Hall–Kier alpha value is -1.63. The van der Waals surface area contributed by atoms with Gasteiger partial charge >= 0.3 is 5.97 Å². The van der Waals surface area contributed by atoms with Crippen molar-refractivity contribution in [2.45, 2.75) is 19.9 Å². The zero-order valence-electron chi connectivity index (χ0n) is 11.7. The second-order valence-corrected chi connectivity index (χ2v) is 5.75. The molecule has 1 aromatic heterocycles. The van der Waals surface area contributed by atoms with E-state index in [-0.39, 0.29) is 16.6 Å². The molecule has 0 fully saturated rings. The number of hydrogen-bond donors (Lipinski definition) is 3. The number of aromatic nitrogens is 1. The fourth-order valence-corrected chi connectivity index (χ4v) is 2.87. The molecule has 0 saturated heterocycles. The third kappa shape index (κ3) is 3.93. The van der Waals surface area contributed by atoms with Gasteiger partial charge in [0.25, 0.3) is 0 Å². The van der Waals surface area contributed by atoms with Crippen LogP contribution in [-0.2, 0) is 0 Å². The predicted molar refractivity (Wildman–Crippen MR) is 85.9 cm³/mol. The van der Waals surface area contributed by atoms with Crippen molar-refractivity contribution in [3.8, 4) is 0 Å².